The lowest BCUT2D eigenvalue weighted by Crippen LogP contribution is -2.28. The lowest BCUT2D eigenvalue weighted by molar-refractivity contribution is -0.00198. The maximum absolute atomic E-state index is 11.9. The largest absolute Gasteiger partial charge is 0.472 e. The summed E-state index contributed by atoms with van der Waals surface area (Å²) in [5.74, 6) is 0. The number of hydrogen-bond donors (Lipinski definition) is 3. The van der Waals surface area contributed by atoms with Gasteiger partial charge < -0.3 is 20.3 Å². The van der Waals surface area contributed by atoms with Gasteiger partial charge in [-0.25, -0.2) is 9.13 Å². The van der Waals surface area contributed by atoms with E-state index < -0.39 is 27.9 Å². The molecule has 1 heterocycles. The second-order valence-corrected chi connectivity index (χ2v) is 8.26. The van der Waals surface area contributed by atoms with Crippen LogP contribution >= 0.6 is 15.6 Å². The zero-order valence-corrected chi connectivity index (χ0v) is 15.5. The SMILES string of the molecule is COP(=O)(O)OC[C@H]1OCC[C@H]1OP(=O)(O)OCCCCCCN. The molecule has 4 atom stereocenters. The quantitative estimate of drug-likeness (QED) is 0.312. The Labute approximate surface area is 141 Å². The number of rotatable bonds is 13. The molecule has 1 aliphatic rings. The molecule has 0 radical (unpaired) electrons. The first-order chi connectivity index (χ1) is 11.3. The van der Waals surface area contributed by atoms with Crippen molar-refractivity contribution >= 4 is 15.6 Å². The average Bonchev–Trinajstić information content (AvgIpc) is 2.95. The van der Waals surface area contributed by atoms with Crippen molar-refractivity contribution in [2.75, 3.05) is 33.5 Å². The van der Waals surface area contributed by atoms with E-state index in [1.807, 2.05) is 0 Å². The van der Waals surface area contributed by atoms with Crippen molar-refractivity contribution < 1.29 is 41.7 Å². The molecule has 0 amide bonds. The molecule has 0 aromatic heterocycles. The predicted octanol–water partition coefficient (Wildman–Crippen LogP) is 1.56. The van der Waals surface area contributed by atoms with Crippen molar-refractivity contribution in [3.63, 3.8) is 0 Å². The van der Waals surface area contributed by atoms with Gasteiger partial charge in [0.2, 0.25) is 0 Å². The third-order valence-electron chi connectivity index (χ3n) is 3.40. The molecule has 24 heavy (non-hydrogen) atoms. The molecule has 0 spiro atoms. The number of phosphoric acid groups is 2. The fourth-order valence-electron chi connectivity index (χ4n) is 2.11. The van der Waals surface area contributed by atoms with Crippen molar-refractivity contribution in [2.24, 2.45) is 5.73 Å². The van der Waals surface area contributed by atoms with Crippen LogP contribution in [-0.4, -0.2) is 55.5 Å². The minimum Gasteiger partial charge on any atom is -0.373 e. The molecule has 0 aliphatic carbocycles. The summed E-state index contributed by atoms with van der Waals surface area (Å²) in [4.78, 5) is 18.9. The lowest BCUT2D eigenvalue weighted by Gasteiger charge is -2.22. The molecule has 0 aromatic carbocycles. The molecular formula is C12H27NO9P2. The van der Waals surface area contributed by atoms with Gasteiger partial charge in [-0.3, -0.25) is 18.1 Å². The van der Waals surface area contributed by atoms with Gasteiger partial charge in [0.1, 0.15) is 12.2 Å². The highest BCUT2D eigenvalue weighted by Gasteiger charge is 2.37. The standard InChI is InChI=1S/C12H27NO9P2/c1-18-23(14,15)21-10-12-11(6-9-19-12)22-24(16,17)20-8-5-3-2-4-7-13/h11-12H,2-10,13H2,1H3,(H,14,15)(H,16,17)/t11-,12-/m1/s1. The molecule has 144 valence electrons. The Morgan fingerprint density at radius 1 is 1.12 bits per heavy atom. The fraction of sp³-hybridized carbons (Fsp3) is 1.00. The van der Waals surface area contributed by atoms with Crippen LogP contribution < -0.4 is 5.73 Å². The molecule has 1 aliphatic heterocycles. The van der Waals surface area contributed by atoms with Crippen LogP contribution in [0.15, 0.2) is 0 Å². The molecule has 2 unspecified atom stereocenters. The number of hydrogen-bond acceptors (Lipinski definition) is 8. The van der Waals surface area contributed by atoms with Gasteiger partial charge in [0.15, 0.2) is 0 Å². The zero-order chi connectivity index (χ0) is 18.1. The Morgan fingerprint density at radius 3 is 2.50 bits per heavy atom. The van der Waals surface area contributed by atoms with E-state index in [1.54, 1.807) is 0 Å². The molecule has 0 bridgehead atoms. The van der Waals surface area contributed by atoms with Crippen molar-refractivity contribution in [2.45, 2.75) is 44.3 Å². The summed E-state index contributed by atoms with van der Waals surface area (Å²) < 4.78 is 47.5. The number of ether oxygens (including phenoxy) is 1. The number of phosphoric ester groups is 2. The Morgan fingerprint density at radius 2 is 1.83 bits per heavy atom. The number of unbranched alkanes of at least 4 members (excludes halogenated alkanes) is 3. The fourth-order valence-corrected chi connectivity index (χ4v) is 3.55. The normalized spacial score (nSPS) is 26.2. The van der Waals surface area contributed by atoms with E-state index in [1.165, 1.54) is 0 Å². The van der Waals surface area contributed by atoms with E-state index in [0.717, 1.165) is 26.4 Å². The highest BCUT2D eigenvalue weighted by molar-refractivity contribution is 7.47. The second-order valence-electron chi connectivity index (χ2n) is 5.29. The summed E-state index contributed by atoms with van der Waals surface area (Å²) in [5.41, 5.74) is 5.38. The van der Waals surface area contributed by atoms with E-state index in [2.05, 4.69) is 4.52 Å². The summed E-state index contributed by atoms with van der Waals surface area (Å²) in [6.45, 7) is 0.700. The third kappa shape index (κ3) is 9.01. The Balaban J connectivity index is 2.33. The van der Waals surface area contributed by atoms with Crippen molar-refractivity contribution in [3.8, 4) is 0 Å². The molecule has 12 heteroatoms. The summed E-state index contributed by atoms with van der Waals surface area (Å²) in [6.07, 6.45) is 2.15. The minimum absolute atomic E-state index is 0.0998. The Bertz CT molecular complexity index is 450. The van der Waals surface area contributed by atoms with Gasteiger partial charge in [-0.15, -0.1) is 0 Å². The first kappa shape index (κ1) is 22.2. The molecule has 1 saturated heterocycles. The second kappa shape index (κ2) is 11.0. The topological polar surface area (TPSA) is 147 Å². The predicted molar refractivity (Wildman–Crippen MR) is 85.3 cm³/mol. The average molecular weight is 391 g/mol. The summed E-state index contributed by atoms with van der Waals surface area (Å²) in [6, 6.07) is 0. The van der Waals surface area contributed by atoms with Gasteiger partial charge in [0.25, 0.3) is 0 Å². The van der Waals surface area contributed by atoms with Gasteiger partial charge in [0, 0.05) is 20.1 Å². The summed E-state index contributed by atoms with van der Waals surface area (Å²) in [5, 5.41) is 0. The van der Waals surface area contributed by atoms with Gasteiger partial charge in [-0.05, 0) is 19.4 Å². The molecule has 1 fully saturated rings. The molecule has 10 nitrogen and oxygen atoms in total. The van der Waals surface area contributed by atoms with Crippen molar-refractivity contribution in [1.29, 1.82) is 0 Å². The van der Waals surface area contributed by atoms with E-state index in [4.69, 9.17) is 24.0 Å². The maximum atomic E-state index is 11.9. The molecular weight excluding hydrogens is 364 g/mol. The van der Waals surface area contributed by atoms with E-state index in [0.29, 0.717) is 19.4 Å². The molecule has 0 aromatic rings. The van der Waals surface area contributed by atoms with Crippen molar-refractivity contribution in [1.82, 2.24) is 0 Å². The minimum atomic E-state index is -4.23. The summed E-state index contributed by atoms with van der Waals surface area (Å²) in [7, 11) is -7.34. The van der Waals surface area contributed by atoms with Crippen LogP contribution in [0.5, 0.6) is 0 Å². The maximum Gasteiger partial charge on any atom is 0.472 e. The van der Waals surface area contributed by atoms with E-state index >= 15 is 0 Å². The van der Waals surface area contributed by atoms with Crippen molar-refractivity contribution in [3.05, 3.63) is 0 Å². The Kier molecular flexibility index (Phi) is 10.1. The number of nitrogens with two attached hydrogens (primary N) is 1. The zero-order valence-electron chi connectivity index (χ0n) is 13.7. The van der Waals surface area contributed by atoms with Crippen LogP contribution in [0.25, 0.3) is 0 Å². The van der Waals surface area contributed by atoms with Crippen LogP contribution in [-0.2, 0) is 32.0 Å². The Hall–Kier alpha value is 0.140. The highest BCUT2D eigenvalue weighted by atomic mass is 31.2. The van der Waals surface area contributed by atoms with E-state index in [-0.39, 0.29) is 19.8 Å². The van der Waals surface area contributed by atoms with Gasteiger partial charge >= 0.3 is 15.6 Å². The van der Waals surface area contributed by atoms with Crippen LogP contribution in [0.3, 0.4) is 0 Å². The smallest absolute Gasteiger partial charge is 0.373 e. The van der Waals surface area contributed by atoms with Crippen LogP contribution in [0, 0.1) is 0 Å². The van der Waals surface area contributed by atoms with Gasteiger partial charge in [-0.2, -0.15) is 0 Å². The van der Waals surface area contributed by atoms with Gasteiger partial charge in [0.05, 0.1) is 13.2 Å². The van der Waals surface area contributed by atoms with E-state index in [9.17, 15) is 18.9 Å². The monoisotopic (exact) mass is 391 g/mol. The van der Waals surface area contributed by atoms with Gasteiger partial charge in [-0.1, -0.05) is 12.8 Å². The molecule has 4 N–H and O–H groups in total. The van der Waals surface area contributed by atoms with Crippen LogP contribution in [0.4, 0.5) is 0 Å². The summed E-state index contributed by atoms with van der Waals surface area (Å²) >= 11 is 0. The van der Waals surface area contributed by atoms with Crippen LogP contribution in [0.1, 0.15) is 32.1 Å². The first-order valence-corrected chi connectivity index (χ1v) is 10.8. The lowest BCUT2D eigenvalue weighted by atomic mass is 10.2. The molecule has 1 rings (SSSR count). The third-order valence-corrected chi connectivity index (χ3v) is 5.39. The highest BCUT2D eigenvalue weighted by Crippen LogP contribution is 2.48. The molecule has 0 saturated carbocycles. The van der Waals surface area contributed by atoms with Crippen LogP contribution in [0.2, 0.25) is 0 Å². The first-order valence-electron chi connectivity index (χ1n) is 7.80.